The minimum Gasteiger partial charge on any atom is -0.381 e. The van der Waals surface area contributed by atoms with Crippen LogP contribution in [0.25, 0.3) is 0 Å². The number of nitrogens with one attached hydrogen (secondary N) is 1. The van der Waals surface area contributed by atoms with Gasteiger partial charge < -0.3 is 15.0 Å². The van der Waals surface area contributed by atoms with E-state index in [2.05, 4.69) is 16.3 Å². The zero-order valence-corrected chi connectivity index (χ0v) is 19.2. The van der Waals surface area contributed by atoms with Crippen molar-refractivity contribution in [2.24, 2.45) is 4.99 Å². The van der Waals surface area contributed by atoms with Crippen LogP contribution in [0.4, 0.5) is 0 Å². The van der Waals surface area contributed by atoms with Gasteiger partial charge in [0.25, 0.3) is 0 Å². The number of aliphatic imine (C=N–C) groups is 1. The molecule has 1 aromatic rings. The van der Waals surface area contributed by atoms with E-state index in [9.17, 15) is 8.42 Å². The summed E-state index contributed by atoms with van der Waals surface area (Å²) in [5, 5.41) is 4.09. The third-order valence-electron chi connectivity index (χ3n) is 6.10. The molecule has 0 aliphatic carbocycles. The van der Waals surface area contributed by atoms with Crippen molar-refractivity contribution in [3.05, 3.63) is 34.9 Å². The molecule has 0 unspecified atom stereocenters. The summed E-state index contributed by atoms with van der Waals surface area (Å²) in [7, 11) is -3.09. The molecule has 2 heterocycles. The van der Waals surface area contributed by atoms with Crippen LogP contribution >= 0.6 is 11.6 Å². The molecule has 0 saturated carbocycles. The Morgan fingerprint density at radius 3 is 2.66 bits per heavy atom. The first-order valence-electron chi connectivity index (χ1n) is 10.3. The van der Waals surface area contributed by atoms with Gasteiger partial charge in [-0.1, -0.05) is 23.7 Å². The summed E-state index contributed by atoms with van der Waals surface area (Å²) < 4.78 is 29.6. The second-order valence-corrected chi connectivity index (χ2v) is 11.8. The molecule has 2 aliphatic rings. The Morgan fingerprint density at radius 2 is 2.03 bits per heavy atom. The molecule has 0 bridgehead atoms. The maximum Gasteiger partial charge on any atom is 0.194 e. The van der Waals surface area contributed by atoms with Crippen molar-refractivity contribution in [3.8, 4) is 0 Å². The Bertz CT molecular complexity index is 848. The van der Waals surface area contributed by atoms with Crippen LogP contribution in [-0.2, 0) is 20.0 Å². The smallest absolute Gasteiger partial charge is 0.194 e. The highest BCUT2D eigenvalue weighted by Gasteiger charge is 2.41. The average molecular weight is 442 g/mol. The number of guanidine groups is 1. The average Bonchev–Trinajstić information content (AvgIpc) is 2.68. The maximum absolute atomic E-state index is 12.4. The molecule has 6 nitrogen and oxygen atoms in total. The molecule has 0 atom stereocenters. The molecule has 3 rings (SSSR count). The minimum absolute atomic E-state index is 0.124. The first-order valence-corrected chi connectivity index (χ1v) is 12.3. The molecule has 1 aromatic carbocycles. The summed E-state index contributed by atoms with van der Waals surface area (Å²) in [5.74, 6) is 0.931. The molecule has 1 N–H and O–H groups in total. The Labute approximate surface area is 179 Å². The first-order chi connectivity index (χ1) is 13.7. The molecule has 0 radical (unpaired) electrons. The van der Waals surface area contributed by atoms with Gasteiger partial charge in [-0.25, -0.2) is 8.42 Å². The normalized spacial score (nSPS) is 23.6. The van der Waals surface area contributed by atoms with Crippen molar-refractivity contribution in [2.45, 2.75) is 43.8 Å². The summed E-state index contributed by atoms with van der Waals surface area (Å²) in [6, 6.07) is 8.03. The molecule has 0 aromatic heterocycles. The lowest BCUT2D eigenvalue weighted by molar-refractivity contribution is 0.0530. The molecule has 29 heavy (non-hydrogen) atoms. The molecule has 162 valence electrons. The molecular weight excluding hydrogens is 410 g/mol. The van der Waals surface area contributed by atoms with Gasteiger partial charge in [-0.2, -0.15) is 0 Å². The highest BCUT2D eigenvalue weighted by molar-refractivity contribution is 7.92. The second-order valence-electron chi connectivity index (χ2n) is 8.57. The fourth-order valence-corrected chi connectivity index (χ4v) is 5.65. The van der Waals surface area contributed by atoms with E-state index < -0.39 is 14.6 Å². The molecular formula is C21H32ClN3O3S. The summed E-state index contributed by atoms with van der Waals surface area (Å²) >= 11 is 6.27. The van der Waals surface area contributed by atoms with Gasteiger partial charge in [0, 0.05) is 43.3 Å². The Kier molecular flexibility index (Phi) is 6.81. The summed E-state index contributed by atoms with van der Waals surface area (Å²) in [4.78, 5) is 7.07. The van der Waals surface area contributed by atoms with E-state index in [1.807, 2.05) is 25.1 Å². The van der Waals surface area contributed by atoms with Crippen molar-refractivity contribution in [3.63, 3.8) is 0 Å². The fraction of sp³-hybridized carbons (Fsp3) is 0.667. The number of ether oxygens (including phenoxy) is 1. The predicted octanol–water partition coefficient (Wildman–Crippen LogP) is 2.86. The van der Waals surface area contributed by atoms with Gasteiger partial charge in [-0.05, 0) is 51.3 Å². The number of rotatable bonds is 4. The fourth-order valence-electron chi connectivity index (χ4n) is 4.10. The predicted molar refractivity (Wildman–Crippen MR) is 119 cm³/mol. The van der Waals surface area contributed by atoms with E-state index in [0.717, 1.165) is 30.4 Å². The van der Waals surface area contributed by atoms with Crippen molar-refractivity contribution in [1.82, 2.24) is 10.2 Å². The molecule has 0 amide bonds. The summed E-state index contributed by atoms with van der Waals surface area (Å²) in [6.45, 7) is 9.27. The van der Waals surface area contributed by atoms with Crippen LogP contribution in [0.15, 0.2) is 29.3 Å². The van der Waals surface area contributed by atoms with Crippen LogP contribution < -0.4 is 5.32 Å². The van der Waals surface area contributed by atoms with Crippen molar-refractivity contribution >= 4 is 27.4 Å². The number of nitrogens with zero attached hydrogens (tertiary/aromatic N) is 2. The standard InChI is InChI=1S/C21H32ClN3O3S/c1-4-23-19(25-10-13-29(26,27)20(2,3)16-25)24-15-21(8-11-28-12-9-21)17-6-5-7-18(22)14-17/h5-7,14H,4,8-13,15-16H2,1-3H3,(H,23,24). The number of hydrogen-bond acceptors (Lipinski definition) is 4. The Hall–Kier alpha value is -1.31. The zero-order chi connectivity index (χ0) is 21.1. The third-order valence-corrected chi connectivity index (χ3v) is 8.86. The molecule has 2 fully saturated rings. The van der Waals surface area contributed by atoms with Crippen LogP contribution in [0.1, 0.15) is 39.2 Å². The van der Waals surface area contributed by atoms with Gasteiger partial charge in [-0.3, -0.25) is 4.99 Å². The van der Waals surface area contributed by atoms with E-state index in [0.29, 0.717) is 32.8 Å². The van der Waals surface area contributed by atoms with Gasteiger partial charge in [0.05, 0.1) is 17.0 Å². The van der Waals surface area contributed by atoms with E-state index >= 15 is 0 Å². The van der Waals surface area contributed by atoms with Crippen molar-refractivity contribution < 1.29 is 13.2 Å². The number of hydrogen-bond donors (Lipinski definition) is 1. The number of halogens is 1. The largest absolute Gasteiger partial charge is 0.381 e. The van der Waals surface area contributed by atoms with Crippen LogP contribution in [0, 0.1) is 0 Å². The van der Waals surface area contributed by atoms with E-state index in [1.165, 1.54) is 5.56 Å². The first kappa shape index (κ1) is 22.4. The monoisotopic (exact) mass is 441 g/mol. The van der Waals surface area contributed by atoms with Gasteiger partial charge in [0.2, 0.25) is 0 Å². The maximum atomic E-state index is 12.4. The van der Waals surface area contributed by atoms with E-state index in [4.69, 9.17) is 21.3 Å². The second kappa shape index (κ2) is 8.82. The van der Waals surface area contributed by atoms with Crippen molar-refractivity contribution in [1.29, 1.82) is 0 Å². The van der Waals surface area contributed by atoms with Crippen LogP contribution in [-0.4, -0.2) is 69.2 Å². The topological polar surface area (TPSA) is 71.0 Å². The van der Waals surface area contributed by atoms with Crippen LogP contribution in [0.3, 0.4) is 0 Å². The highest BCUT2D eigenvalue weighted by Crippen LogP contribution is 2.36. The zero-order valence-electron chi connectivity index (χ0n) is 17.6. The number of benzene rings is 1. The third kappa shape index (κ3) is 4.89. The molecule has 0 spiro atoms. The quantitative estimate of drug-likeness (QED) is 0.574. The summed E-state index contributed by atoms with van der Waals surface area (Å²) in [6.07, 6.45) is 1.77. The summed E-state index contributed by atoms with van der Waals surface area (Å²) in [5.41, 5.74) is 1.07. The van der Waals surface area contributed by atoms with Gasteiger partial charge in [0.1, 0.15) is 0 Å². The Morgan fingerprint density at radius 1 is 1.31 bits per heavy atom. The van der Waals surface area contributed by atoms with Crippen LogP contribution in [0.5, 0.6) is 0 Å². The van der Waals surface area contributed by atoms with Gasteiger partial charge >= 0.3 is 0 Å². The SMILES string of the molecule is CCNC(=NCC1(c2cccc(Cl)c2)CCOCC1)N1CCS(=O)(=O)C(C)(C)C1. The van der Waals surface area contributed by atoms with E-state index in [-0.39, 0.29) is 11.2 Å². The Balaban J connectivity index is 1.87. The van der Waals surface area contributed by atoms with Gasteiger partial charge in [0.15, 0.2) is 15.8 Å². The van der Waals surface area contributed by atoms with E-state index in [1.54, 1.807) is 13.8 Å². The molecule has 2 saturated heterocycles. The molecule has 8 heteroatoms. The van der Waals surface area contributed by atoms with Gasteiger partial charge in [-0.15, -0.1) is 0 Å². The lowest BCUT2D eigenvalue weighted by Crippen LogP contribution is -2.57. The van der Waals surface area contributed by atoms with Crippen molar-refractivity contribution in [2.75, 3.05) is 45.1 Å². The lowest BCUT2D eigenvalue weighted by atomic mass is 9.74. The highest BCUT2D eigenvalue weighted by atomic mass is 35.5. The van der Waals surface area contributed by atoms with Crippen LogP contribution in [0.2, 0.25) is 5.02 Å². The molecule has 2 aliphatic heterocycles. The number of sulfone groups is 1. The minimum atomic E-state index is -3.09. The lowest BCUT2D eigenvalue weighted by Gasteiger charge is -2.40.